The summed E-state index contributed by atoms with van der Waals surface area (Å²) >= 11 is 0.964. The van der Waals surface area contributed by atoms with Gasteiger partial charge in [0.05, 0.1) is 17.2 Å². The van der Waals surface area contributed by atoms with Gasteiger partial charge in [0.15, 0.2) is 5.13 Å². The highest BCUT2D eigenvalue weighted by molar-refractivity contribution is 7.93. The van der Waals surface area contributed by atoms with Gasteiger partial charge in [-0.25, -0.2) is 18.2 Å². The third kappa shape index (κ3) is 4.33. The molecular formula is C16H20N2O4S2. The molecule has 0 amide bonds. The van der Waals surface area contributed by atoms with Crippen molar-refractivity contribution >= 4 is 32.5 Å². The zero-order valence-electron chi connectivity index (χ0n) is 13.8. The fourth-order valence-electron chi connectivity index (χ4n) is 2.12. The molecular weight excluding hydrogens is 348 g/mol. The van der Waals surface area contributed by atoms with E-state index in [1.807, 2.05) is 0 Å². The summed E-state index contributed by atoms with van der Waals surface area (Å²) in [4.78, 5) is 16.3. The number of carbonyl (C=O) groups excluding carboxylic acids is 1. The molecule has 0 fully saturated rings. The molecule has 0 aliphatic carbocycles. The zero-order valence-corrected chi connectivity index (χ0v) is 15.5. The normalized spacial score (nSPS) is 11.3. The van der Waals surface area contributed by atoms with Crippen molar-refractivity contribution in [1.82, 2.24) is 4.98 Å². The van der Waals surface area contributed by atoms with Gasteiger partial charge < -0.3 is 4.74 Å². The predicted molar refractivity (Wildman–Crippen MR) is 94.1 cm³/mol. The Morgan fingerprint density at radius 1 is 1.25 bits per heavy atom. The van der Waals surface area contributed by atoms with Crippen LogP contribution in [-0.2, 0) is 21.2 Å². The van der Waals surface area contributed by atoms with E-state index in [1.165, 1.54) is 0 Å². The zero-order chi connectivity index (χ0) is 17.7. The van der Waals surface area contributed by atoms with E-state index in [4.69, 9.17) is 4.74 Å². The topological polar surface area (TPSA) is 85.4 Å². The fraction of sp³-hybridized carbons (Fsp3) is 0.375. The minimum atomic E-state index is -3.74. The molecule has 0 spiro atoms. The lowest BCUT2D eigenvalue weighted by Crippen LogP contribution is -2.12. The van der Waals surface area contributed by atoms with E-state index in [-0.39, 0.29) is 16.6 Å². The molecule has 1 aromatic carbocycles. The average Bonchev–Trinajstić information content (AvgIpc) is 2.88. The number of aromatic nitrogens is 1. The van der Waals surface area contributed by atoms with Gasteiger partial charge in [0.25, 0.3) is 10.0 Å². The van der Waals surface area contributed by atoms with Crippen molar-refractivity contribution in [3.8, 4) is 0 Å². The van der Waals surface area contributed by atoms with Gasteiger partial charge in [-0.05, 0) is 38.0 Å². The molecule has 0 unspecified atom stereocenters. The fourth-order valence-corrected chi connectivity index (χ4v) is 4.22. The third-order valence-electron chi connectivity index (χ3n) is 3.25. The van der Waals surface area contributed by atoms with Gasteiger partial charge in [-0.2, -0.15) is 0 Å². The van der Waals surface area contributed by atoms with Crippen molar-refractivity contribution in [2.45, 2.75) is 38.5 Å². The van der Waals surface area contributed by atoms with Gasteiger partial charge in [-0.3, -0.25) is 4.72 Å². The monoisotopic (exact) mass is 368 g/mol. The first-order valence-electron chi connectivity index (χ1n) is 7.63. The van der Waals surface area contributed by atoms with Gasteiger partial charge in [-0.15, -0.1) is 0 Å². The molecule has 0 saturated carbocycles. The number of nitrogens with one attached hydrogen (secondary N) is 1. The summed E-state index contributed by atoms with van der Waals surface area (Å²) in [5, 5.41) is 0.146. The van der Waals surface area contributed by atoms with Crippen LogP contribution in [0.3, 0.4) is 0 Å². The van der Waals surface area contributed by atoms with Crippen LogP contribution in [0.15, 0.2) is 29.2 Å². The Labute approximate surface area is 145 Å². The maximum Gasteiger partial charge on any atom is 0.350 e. The van der Waals surface area contributed by atoms with Gasteiger partial charge >= 0.3 is 5.97 Å². The van der Waals surface area contributed by atoms with Crippen molar-refractivity contribution in [1.29, 1.82) is 0 Å². The van der Waals surface area contributed by atoms with E-state index >= 15 is 0 Å². The van der Waals surface area contributed by atoms with E-state index in [0.29, 0.717) is 10.6 Å². The quantitative estimate of drug-likeness (QED) is 0.757. The number of benzene rings is 1. The minimum absolute atomic E-state index is 0.146. The van der Waals surface area contributed by atoms with Crippen LogP contribution >= 0.6 is 11.3 Å². The molecule has 2 aromatic rings. The molecule has 0 radical (unpaired) electrons. The second-order valence-corrected chi connectivity index (χ2v) is 7.83. The second kappa shape index (κ2) is 7.76. The Morgan fingerprint density at radius 2 is 1.92 bits per heavy atom. The lowest BCUT2D eigenvalue weighted by atomic mass is 10.1. The van der Waals surface area contributed by atoms with Crippen LogP contribution in [0.25, 0.3) is 0 Å². The maximum atomic E-state index is 12.4. The average molecular weight is 368 g/mol. The maximum absolute atomic E-state index is 12.4. The molecule has 24 heavy (non-hydrogen) atoms. The molecule has 8 heteroatoms. The Hall–Kier alpha value is -1.93. The van der Waals surface area contributed by atoms with E-state index in [0.717, 1.165) is 29.7 Å². The first kappa shape index (κ1) is 18.4. The van der Waals surface area contributed by atoms with Crippen LogP contribution in [0.2, 0.25) is 0 Å². The number of anilines is 1. The molecule has 0 saturated heterocycles. The molecule has 0 aliphatic heterocycles. The molecule has 0 atom stereocenters. The third-order valence-corrected chi connectivity index (χ3v) is 5.79. The summed E-state index contributed by atoms with van der Waals surface area (Å²) in [6.45, 7) is 5.67. The van der Waals surface area contributed by atoms with E-state index in [2.05, 4.69) is 16.6 Å². The highest BCUT2D eigenvalue weighted by atomic mass is 32.2. The standard InChI is InChI=1S/C16H20N2O4S2/c1-4-6-12-7-9-13(10-8-12)24(20,21)18-16-17-11(3)14(23-16)15(19)22-5-2/h7-10H,4-6H2,1-3H3,(H,17,18). The van der Waals surface area contributed by atoms with Crippen molar-refractivity contribution in [3.05, 3.63) is 40.4 Å². The van der Waals surface area contributed by atoms with Crippen LogP contribution in [0.1, 0.15) is 41.2 Å². The second-order valence-electron chi connectivity index (χ2n) is 5.15. The number of sulfonamides is 1. The van der Waals surface area contributed by atoms with Gasteiger partial charge in [0.1, 0.15) is 4.88 Å². The van der Waals surface area contributed by atoms with Crippen molar-refractivity contribution in [3.63, 3.8) is 0 Å². The van der Waals surface area contributed by atoms with Crippen molar-refractivity contribution < 1.29 is 17.9 Å². The Bertz CT molecular complexity index is 811. The van der Waals surface area contributed by atoms with E-state index in [1.54, 1.807) is 38.1 Å². The molecule has 1 aromatic heterocycles. The first-order chi connectivity index (χ1) is 11.4. The summed E-state index contributed by atoms with van der Waals surface area (Å²) in [5.74, 6) is -0.498. The number of nitrogens with zero attached hydrogens (tertiary/aromatic N) is 1. The van der Waals surface area contributed by atoms with E-state index < -0.39 is 16.0 Å². The summed E-state index contributed by atoms with van der Waals surface area (Å²) in [6, 6.07) is 6.74. The Morgan fingerprint density at radius 3 is 2.50 bits per heavy atom. The number of hydrogen-bond acceptors (Lipinski definition) is 6. The van der Waals surface area contributed by atoms with E-state index in [9.17, 15) is 13.2 Å². The summed E-state index contributed by atoms with van der Waals surface area (Å²) in [5.41, 5.74) is 1.53. The van der Waals surface area contributed by atoms with Gasteiger partial charge in [0, 0.05) is 0 Å². The number of carbonyl (C=O) groups is 1. The Kier molecular flexibility index (Phi) is 5.95. The van der Waals surface area contributed by atoms with Crippen LogP contribution in [0.5, 0.6) is 0 Å². The van der Waals surface area contributed by atoms with Crippen molar-refractivity contribution in [2.75, 3.05) is 11.3 Å². The van der Waals surface area contributed by atoms with Gasteiger partial charge in [-0.1, -0.05) is 36.8 Å². The lowest BCUT2D eigenvalue weighted by Gasteiger charge is -2.06. The predicted octanol–water partition coefficient (Wildman–Crippen LogP) is 3.38. The summed E-state index contributed by atoms with van der Waals surface area (Å²) in [7, 11) is -3.74. The summed E-state index contributed by atoms with van der Waals surface area (Å²) < 4.78 is 32.2. The molecule has 1 N–H and O–H groups in total. The first-order valence-corrected chi connectivity index (χ1v) is 9.93. The number of aryl methyl sites for hydroxylation is 2. The number of esters is 1. The molecule has 2 rings (SSSR count). The summed E-state index contributed by atoms with van der Waals surface area (Å²) in [6.07, 6.45) is 1.90. The number of ether oxygens (including phenoxy) is 1. The highest BCUT2D eigenvalue weighted by Gasteiger charge is 2.20. The Balaban J connectivity index is 2.20. The number of rotatable bonds is 7. The lowest BCUT2D eigenvalue weighted by molar-refractivity contribution is 0.0531. The SMILES string of the molecule is CCCc1ccc(S(=O)(=O)Nc2nc(C)c(C(=O)OCC)s2)cc1. The smallest absolute Gasteiger partial charge is 0.350 e. The molecule has 6 nitrogen and oxygen atoms in total. The number of thiazole rings is 1. The molecule has 1 heterocycles. The largest absolute Gasteiger partial charge is 0.462 e. The molecule has 0 bridgehead atoms. The minimum Gasteiger partial charge on any atom is -0.462 e. The van der Waals surface area contributed by atoms with Crippen molar-refractivity contribution in [2.24, 2.45) is 0 Å². The van der Waals surface area contributed by atoms with Crippen LogP contribution in [-0.4, -0.2) is 26.0 Å². The van der Waals surface area contributed by atoms with Crippen LogP contribution < -0.4 is 4.72 Å². The molecule has 130 valence electrons. The van der Waals surface area contributed by atoms with Crippen LogP contribution in [0.4, 0.5) is 5.13 Å². The molecule has 0 aliphatic rings. The van der Waals surface area contributed by atoms with Crippen LogP contribution in [0, 0.1) is 6.92 Å². The highest BCUT2D eigenvalue weighted by Crippen LogP contribution is 2.26. The van der Waals surface area contributed by atoms with Gasteiger partial charge in [0.2, 0.25) is 0 Å². The number of hydrogen-bond donors (Lipinski definition) is 1.